The Balaban J connectivity index is 1.56. The number of rotatable bonds is 9. The predicted octanol–water partition coefficient (Wildman–Crippen LogP) is 4.75. The van der Waals surface area contributed by atoms with Gasteiger partial charge in [-0.25, -0.2) is 13.2 Å². The van der Waals surface area contributed by atoms with Crippen LogP contribution in [-0.2, 0) is 11.2 Å². The van der Waals surface area contributed by atoms with Crippen molar-refractivity contribution in [3.8, 4) is 16.9 Å². The number of morpholine rings is 1. The van der Waals surface area contributed by atoms with Gasteiger partial charge in [0.1, 0.15) is 11.6 Å². The number of fused-ring (bicyclic) bond motifs is 1. The van der Waals surface area contributed by atoms with E-state index in [4.69, 9.17) is 9.47 Å². The third-order valence-corrected chi connectivity index (χ3v) is 9.07. The van der Waals surface area contributed by atoms with E-state index in [9.17, 15) is 13.6 Å². The lowest BCUT2D eigenvalue weighted by molar-refractivity contribution is 0.0340. The van der Waals surface area contributed by atoms with Gasteiger partial charge in [-0.05, 0) is 43.3 Å². The number of aromatic nitrogens is 1. The van der Waals surface area contributed by atoms with Crippen LogP contribution >= 0.6 is 11.8 Å². The first kappa shape index (κ1) is 28.7. The van der Waals surface area contributed by atoms with Gasteiger partial charge in [0.25, 0.3) is 5.56 Å². The van der Waals surface area contributed by atoms with Gasteiger partial charge >= 0.3 is 0 Å². The molecule has 6 nitrogen and oxygen atoms in total. The molecule has 1 saturated heterocycles. The average molecular weight is 574 g/mol. The lowest BCUT2D eigenvalue weighted by atomic mass is 9.94. The SMILES string of the molecule is COc1cccc(-c2c(C)c(Cc3c(F)cccc3F)c3n(c2=O)C(CN(C)CCN2CCOCC2)CS3)c1F. The molecule has 214 valence electrons. The summed E-state index contributed by atoms with van der Waals surface area (Å²) >= 11 is 1.51. The highest BCUT2D eigenvalue weighted by atomic mass is 32.2. The molecule has 1 fully saturated rings. The van der Waals surface area contributed by atoms with Gasteiger partial charge in [0, 0.05) is 56.0 Å². The summed E-state index contributed by atoms with van der Waals surface area (Å²) in [7, 11) is 3.40. The van der Waals surface area contributed by atoms with Gasteiger partial charge in [0.2, 0.25) is 0 Å². The van der Waals surface area contributed by atoms with Crippen LogP contribution in [-0.4, -0.2) is 80.2 Å². The highest BCUT2D eigenvalue weighted by Crippen LogP contribution is 2.41. The second-order valence-electron chi connectivity index (χ2n) is 10.3. The molecule has 0 aliphatic carbocycles. The molecule has 0 saturated carbocycles. The molecule has 0 N–H and O–H groups in total. The fraction of sp³-hybridized carbons (Fsp3) is 0.433. The van der Waals surface area contributed by atoms with Crippen LogP contribution in [0.3, 0.4) is 0 Å². The number of ether oxygens (including phenoxy) is 2. The van der Waals surface area contributed by atoms with E-state index in [0.717, 1.165) is 39.4 Å². The van der Waals surface area contributed by atoms with E-state index in [1.807, 2.05) is 7.05 Å². The fourth-order valence-electron chi connectivity index (χ4n) is 5.55. The third-order valence-electron chi connectivity index (χ3n) is 7.81. The standard InChI is InChI=1S/C30H34F3N3O3S/c1-19-22(16-23-24(31)7-5-8-25(23)32)30-36(29(37)27(19)21-6-4-9-26(38-3)28(21)33)20(18-40-30)17-34(2)10-11-35-12-14-39-15-13-35/h4-9,20H,10-18H2,1-3H3. The van der Waals surface area contributed by atoms with Crippen LogP contribution in [0.2, 0.25) is 0 Å². The lowest BCUT2D eigenvalue weighted by Crippen LogP contribution is -2.42. The van der Waals surface area contributed by atoms with E-state index < -0.39 is 17.5 Å². The van der Waals surface area contributed by atoms with Crippen LogP contribution < -0.4 is 10.3 Å². The Morgan fingerprint density at radius 3 is 2.48 bits per heavy atom. The van der Waals surface area contributed by atoms with Crippen molar-refractivity contribution in [1.82, 2.24) is 14.4 Å². The Morgan fingerprint density at radius 2 is 1.77 bits per heavy atom. The largest absolute Gasteiger partial charge is 0.494 e. The molecule has 3 heterocycles. The number of methoxy groups -OCH3 is 1. The maximum atomic E-state index is 15.5. The number of nitrogens with zero attached hydrogens (tertiary/aromatic N) is 3. The second-order valence-corrected chi connectivity index (χ2v) is 11.3. The van der Waals surface area contributed by atoms with Crippen molar-refractivity contribution in [2.75, 3.05) is 65.8 Å². The van der Waals surface area contributed by atoms with E-state index in [2.05, 4.69) is 9.80 Å². The van der Waals surface area contributed by atoms with Gasteiger partial charge in [-0.1, -0.05) is 18.2 Å². The smallest absolute Gasteiger partial charge is 0.260 e. The Labute approximate surface area is 236 Å². The summed E-state index contributed by atoms with van der Waals surface area (Å²) in [5.74, 6) is -1.29. The highest BCUT2D eigenvalue weighted by Gasteiger charge is 2.32. The topological polar surface area (TPSA) is 46.9 Å². The van der Waals surface area contributed by atoms with Gasteiger partial charge in [0.15, 0.2) is 11.6 Å². The molecule has 0 spiro atoms. The molecule has 1 unspecified atom stereocenters. The highest BCUT2D eigenvalue weighted by molar-refractivity contribution is 7.99. The molecular weight excluding hydrogens is 539 g/mol. The number of hydrogen-bond donors (Lipinski definition) is 0. The van der Waals surface area contributed by atoms with Crippen LogP contribution in [0.25, 0.3) is 11.1 Å². The quantitative estimate of drug-likeness (QED) is 0.368. The minimum absolute atomic E-state index is 0.0252. The minimum Gasteiger partial charge on any atom is -0.494 e. The summed E-state index contributed by atoms with van der Waals surface area (Å²) in [4.78, 5) is 18.7. The first-order valence-electron chi connectivity index (χ1n) is 13.4. The van der Waals surface area contributed by atoms with Crippen LogP contribution in [0, 0.1) is 24.4 Å². The molecule has 3 aromatic rings. The maximum Gasteiger partial charge on any atom is 0.260 e. The van der Waals surface area contributed by atoms with Crippen molar-refractivity contribution in [3.63, 3.8) is 0 Å². The predicted molar refractivity (Wildman–Crippen MR) is 151 cm³/mol. The van der Waals surface area contributed by atoms with Crippen LogP contribution in [0.5, 0.6) is 5.75 Å². The summed E-state index contributed by atoms with van der Waals surface area (Å²) in [6.07, 6.45) is -0.0505. The number of halogens is 3. The third kappa shape index (κ3) is 5.68. The number of pyridine rings is 1. The molecule has 0 bridgehead atoms. The molecule has 0 radical (unpaired) electrons. The summed E-state index contributed by atoms with van der Waals surface area (Å²) in [5.41, 5.74) is 1.06. The molecule has 40 heavy (non-hydrogen) atoms. The van der Waals surface area contributed by atoms with Gasteiger partial charge in [-0.2, -0.15) is 0 Å². The molecule has 2 aromatic carbocycles. The van der Waals surface area contributed by atoms with Gasteiger partial charge in [-0.15, -0.1) is 11.8 Å². The Hall–Kier alpha value is -2.79. The van der Waals surface area contributed by atoms with Crippen molar-refractivity contribution < 1.29 is 22.6 Å². The van der Waals surface area contributed by atoms with E-state index >= 15 is 4.39 Å². The van der Waals surface area contributed by atoms with Crippen molar-refractivity contribution in [1.29, 1.82) is 0 Å². The molecule has 2 aliphatic heterocycles. The second kappa shape index (κ2) is 12.4. The van der Waals surface area contributed by atoms with E-state index in [1.165, 1.54) is 43.1 Å². The number of likely N-dealkylation sites (N-methyl/N-ethyl adjacent to an activating group) is 1. The number of thioether (sulfide) groups is 1. The van der Waals surface area contributed by atoms with Crippen molar-refractivity contribution in [3.05, 3.63) is 80.9 Å². The van der Waals surface area contributed by atoms with Gasteiger partial charge in [-0.3, -0.25) is 14.3 Å². The van der Waals surface area contributed by atoms with Crippen molar-refractivity contribution >= 4 is 11.8 Å². The molecule has 5 rings (SSSR count). The van der Waals surface area contributed by atoms with Crippen LogP contribution in [0.4, 0.5) is 13.2 Å². The lowest BCUT2D eigenvalue weighted by Gasteiger charge is -2.29. The number of benzene rings is 2. The minimum atomic E-state index is -0.652. The van der Waals surface area contributed by atoms with Crippen molar-refractivity contribution in [2.45, 2.75) is 24.4 Å². The van der Waals surface area contributed by atoms with Crippen molar-refractivity contribution in [2.24, 2.45) is 0 Å². The Kier molecular flexibility index (Phi) is 8.89. The Bertz CT molecular complexity index is 1420. The first-order valence-corrected chi connectivity index (χ1v) is 14.4. The molecule has 1 atom stereocenters. The summed E-state index contributed by atoms with van der Waals surface area (Å²) < 4.78 is 57.4. The van der Waals surface area contributed by atoms with Crippen LogP contribution in [0.1, 0.15) is 22.7 Å². The first-order chi connectivity index (χ1) is 19.3. The summed E-state index contributed by atoms with van der Waals surface area (Å²) in [6.45, 7) is 7.34. The summed E-state index contributed by atoms with van der Waals surface area (Å²) in [6, 6.07) is 8.28. The zero-order valence-electron chi connectivity index (χ0n) is 23.0. The zero-order valence-corrected chi connectivity index (χ0v) is 23.8. The molecule has 10 heteroatoms. The van der Waals surface area contributed by atoms with E-state index in [-0.39, 0.29) is 40.5 Å². The Morgan fingerprint density at radius 1 is 1.07 bits per heavy atom. The normalized spacial score (nSPS) is 17.4. The number of hydrogen-bond acceptors (Lipinski definition) is 6. The fourth-order valence-corrected chi connectivity index (χ4v) is 6.93. The van der Waals surface area contributed by atoms with E-state index in [0.29, 0.717) is 28.5 Å². The summed E-state index contributed by atoms with van der Waals surface area (Å²) in [5, 5.41) is 0.684. The average Bonchev–Trinajstić information content (AvgIpc) is 3.36. The zero-order chi connectivity index (χ0) is 28.4. The van der Waals surface area contributed by atoms with E-state index in [1.54, 1.807) is 23.6 Å². The molecule has 2 aliphatic rings. The maximum absolute atomic E-state index is 15.5. The van der Waals surface area contributed by atoms with Gasteiger partial charge < -0.3 is 14.4 Å². The van der Waals surface area contributed by atoms with Crippen LogP contribution in [0.15, 0.2) is 46.2 Å². The molecule has 1 aromatic heterocycles. The molecular formula is C30H34F3N3O3S. The molecule has 0 amide bonds. The van der Waals surface area contributed by atoms with Gasteiger partial charge in [0.05, 0.1) is 37.0 Å². The monoisotopic (exact) mass is 573 g/mol.